The monoisotopic (exact) mass is 381 g/mol. The molecule has 0 saturated carbocycles. The van der Waals surface area contributed by atoms with Gasteiger partial charge in [0.2, 0.25) is 0 Å². The van der Waals surface area contributed by atoms with Crippen LogP contribution < -0.4 is 15.8 Å². The number of nitrogen functional groups attached to an aromatic ring is 1. The molecule has 4 rings (SSSR count). The first-order chi connectivity index (χ1) is 13.7. The molecule has 146 valence electrons. The summed E-state index contributed by atoms with van der Waals surface area (Å²) < 4.78 is 22.4. The Morgan fingerprint density at radius 3 is 2.75 bits per heavy atom. The van der Waals surface area contributed by atoms with Crippen LogP contribution in [-0.4, -0.2) is 34.5 Å². The second kappa shape index (κ2) is 7.98. The average molecular weight is 381 g/mol. The quantitative estimate of drug-likeness (QED) is 0.705. The first-order valence-electron chi connectivity index (χ1n) is 9.60. The van der Waals surface area contributed by atoms with Gasteiger partial charge < -0.3 is 15.8 Å². The molecule has 3 N–H and O–H groups in total. The molecule has 0 amide bonds. The molecular formula is C21H24FN5O. The molecule has 3 heterocycles. The lowest BCUT2D eigenvalue weighted by Gasteiger charge is -2.22. The number of nitrogens with one attached hydrogen (secondary N) is 1. The zero-order valence-electron chi connectivity index (χ0n) is 15.9. The molecule has 28 heavy (non-hydrogen) atoms. The number of aromatic nitrogens is 3. The molecule has 1 aliphatic heterocycles. The fourth-order valence-electron chi connectivity index (χ4n) is 3.68. The topological polar surface area (TPSA) is 78.0 Å². The fraction of sp³-hybridized carbons (Fsp3) is 0.333. The zero-order chi connectivity index (χ0) is 19.5. The smallest absolute Gasteiger partial charge is 0.140 e. The Balaban J connectivity index is 1.81. The maximum atomic E-state index is 14.5. The van der Waals surface area contributed by atoms with Crippen LogP contribution in [0.1, 0.15) is 25.8 Å². The minimum absolute atomic E-state index is 0.239. The second-order valence-corrected chi connectivity index (χ2v) is 6.86. The minimum Gasteiger partial charge on any atom is -0.492 e. The predicted molar refractivity (Wildman–Crippen MR) is 108 cm³/mol. The van der Waals surface area contributed by atoms with Gasteiger partial charge >= 0.3 is 0 Å². The van der Waals surface area contributed by atoms with Gasteiger partial charge in [-0.2, -0.15) is 5.10 Å². The van der Waals surface area contributed by atoms with Gasteiger partial charge in [-0.15, -0.1) is 0 Å². The number of benzene rings is 1. The van der Waals surface area contributed by atoms with Gasteiger partial charge in [0.05, 0.1) is 24.4 Å². The highest BCUT2D eigenvalue weighted by Crippen LogP contribution is 2.42. The van der Waals surface area contributed by atoms with Crippen molar-refractivity contribution >= 4 is 5.82 Å². The molecule has 7 heteroatoms. The molecular weight excluding hydrogens is 357 g/mol. The molecule has 1 aliphatic rings. The SMILES string of the molecule is CCOc1c(-c2cnn(C3CCNCC3)c2)cnc(N)c1-c1ccccc1F. The summed E-state index contributed by atoms with van der Waals surface area (Å²) in [5.41, 5.74) is 8.63. The lowest BCUT2D eigenvalue weighted by atomic mass is 10.00. The summed E-state index contributed by atoms with van der Waals surface area (Å²) in [6.45, 7) is 4.31. The third-order valence-corrected chi connectivity index (χ3v) is 5.09. The van der Waals surface area contributed by atoms with Gasteiger partial charge in [-0.3, -0.25) is 4.68 Å². The van der Waals surface area contributed by atoms with Crippen molar-refractivity contribution in [1.29, 1.82) is 0 Å². The molecule has 0 spiro atoms. The van der Waals surface area contributed by atoms with E-state index < -0.39 is 0 Å². The van der Waals surface area contributed by atoms with Crippen molar-refractivity contribution in [3.8, 4) is 28.0 Å². The molecule has 1 saturated heterocycles. The van der Waals surface area contributed by atoms with E-state index in [1.54, 1.807) is 24.4 Å². The van der Waals surface area contributed by atoms with E-state index in [-0.39, 0.29) is 11.6 Å². The largest absolute Gasteiger partial charge is 0.492 e. The number of nitrogens with two attached hydrogens (primary N) is 1. The van der Waals surface area contributed by atoms with Crippen LogP contribution in [0.3, 0.4) is 0 Å². The van der Waals surface area contributed by atoms with Crippen molar-refractivity contribution in [3.05, 3.63) is 48.7 Å². The van der Waals surface area contributed by atoms with Crippen LogP contribution in [0.2, 0.25) is 0 Å². The molecule has 3 aromatic rings. The highest BCUT2D eigenvalue weighted by molar-refractivity contribution is 5.87. The van der Waals surface area contributed by atoms with E-state index in [1.165, 1.54) is 6.07 Å². The molecule has 0 atom stereocenters. The van der Waals surface area contributed by atoms with Crippen molar-refractivity contribution in [2.45, 2.75) is 25.8 Å². The Kier molecular flexibility index (Phi) is 5.25. The lowest BCUT2D eigenvalue weighted by molar-refractivity contribution is 0.342. The number of ether oxygens (including phenoxy) is 1. The van der Waals surface area contributed by atoms with E-state index in [0.717, 1.165) is 37.1 Å². The molecule has 0 aliphatic carbocycles. The van der Waals surface area contributed by atoms with Crippen LogP contribution in [-0.2, 0) is 0 Å². The summed E-state index contributed by atoms with van der Waals surface area (Å²) in [6.07, 6.45) is 7.58. The van der Waals surface area contributed by atoms with Gasteiger partial charge in [0.25, 0.3) is 0 Å². The summed E-state index contributed by atoms with van der Waals surface area (Å²) in [7, 11) is 0. The molecule has 0 unspecified atom stereocenters. The Bertz CT molecular complexity index is 965. The van der Waals surface area contributed by atoms with Crippen molar-refractivity contribution < 1.29 is 9.13 Å². The lowest BCUT2D eigenvalue weighted by Crippen LogP contribution is -2.29. The first kappa shape index (κ1) is 18.4. The number of anilines is 1. The van der Waals surface area contributed by atoms with Gasteiger partial charge in [0.15, 0.2) is 0 Å². The highest BCUT2D eigenvalue weighted by atomic mass is 19.1. The summed E-state index contributed by atoms with van der Waals surface area (Å²) in [5.74, 6) is 0.410. The van der Waals surface area contributed by atoms with Gasteiger partial charge in [0, 0.05) is 29.1 Å². The fourth-order valence-corrected chi connectivity index (χ4v) is 3.68. The minimum atomic E-state index is -0.362. The second-order valence-electron chi connectivity index (χ2n) is 6.86. The maximum Gasteiger partial charge on any atom is 0.140 e. The van der Waals surface area contributed by atoms with E-state index in [1.807, 2.05) is 24.0 Å². The third kappa shape index (κ3) is 3.45. The number of halogens is 1. The summed E-state index contributed by atoms with van der Waals surface area (Å²) in [6, 6.07) is 6.89. The molecule has 1 fully saturated rings. The van der Waals surface area contributed by atoms with Crippen molar-refractivity contribution in [2.24, 2.45) is 0 Å². The summed E-state index contributed by atoms with van der Waals surface area (Å²) >= 11 is 0. The van der Waals surface area contributed by atoms with Gasteiger partial charge in [0.1, 0.15) is 17.4 Å². The standard InChI is InChI=1S/C21H24FN5O/c1-2-28-20-17(14-11-26-27(13-14)15-7-9-24-10-8-15)12-25-21(23)19(20)16-5-3-4-6-18(16)22/h3-6,11-13,15,24H,2,7-10H2,1H3,(H2,23,25). The average Bonchev–Trinajstić information content (AvgIpc) is 3.20. The number of pyridine rings is 1. The highest BCUT2D eigenvalue weighted by Gasteiger charge is 2.22. The number of nitrogens with zero attached hydrogens (tertiary/aromatic N) is 3. The van der Waals surface area contributed by atoms with E-state index in [0.29, 0.717) is 29.5 Å². The Labute approximate surface area is 163 Å². The van der Waals surface area contributed by atoms with E-state index in [4.69, 9.17) is 10.5 Å². The number of rotatable bonds is 5. The van der Waals surface area contributed by atoms with Crippen LogP contribution >= 0.6 is 0 Å². The molecule has 1 aromatic carbocycles. The van der Waals surface area contributed by atoms with Crippen molar-refractivity contribution in [3.63, 3.8) is 0 Å². The van der Waals surface area contributed by atoms with Gasteiger partial charge in [-0.05, 0) is 38.9 Å². The summed E-state index contributed by atoms with van der Waals surface area (Å²) in [4.78, 5) is 4.32. The Morgan fingerprint density at radius 1 is 1.21 bits per heavy atom. The van der Waals surface area contributed by atoms with Crippen LogP contribution in [0.25, 0.3) is 22.3 Å². The number of hydrogen-bond acceptors (Lipinski definition) is 5. The third-order valence-electron chi connectivity index (χ3n) is 5.09. The Morgan fingerprint density at radius 2 is 2.00 bits per heavy atom. The van der Waals surface area contributed by atoms with Crippen molar-refractivity contribution in [1.82, 2.24) is 20.1 Å². The van der Waals surface area contributed by atoms with E-state index in [2.05, 4.69) is 15.4 Å². The molecule has 2 aromatic heterocycles. The normalized spacial score (nSPS) is 14.9. The molecule has 6 nitrogen and oxygen atoms in total. The van der Waals surface area contributed by atoms with Gasteiger partial charge in [-0.25, -0.2) is 9.37 Å². The number of hydrogen-bond donors (Lipinski definition) is 2. The Hall–Kier alpha value is -2.93. The van der Waals surface area contributed by atoms with Crippen LogP contribution in [0.4, 0.5) is 10.2 Å². The number of piperidine rings is 1. The van der Waals surface area contributed by atoms with Crippen molar-refractivity contribution in [2.75, 3.05) is 25.4 Å². The van der Waals surface area contributed by atoms with E-state index >= 15 is 0 Å². The first-order valence-corrected chi connectivity index (χ1v) is 9.60. The van der Waals surface area contributed by atoms with Crippen LogP contribution in [0, 0.1) is 5.82 Å². The molecule has 0 radical (unpaired) electrons. The van der Waals surface area contributed by atoms with Crippen LogP contribution in [0.5, 0.6) is 5.75 Å². The molecule has 0 bridgehead atoms. The van der Waals surface area contributed by atoms with E-state index in [9.17, 15) is 4.39 Å². The maximum absolute atomic E-state index is 14.5. The van der Waals surface area contributed by atoms with Crippen LogP contribution in [0.15, 0.2) is 42.9 Å². The summed E-state index contributed by atoms with van der Waals surface area (Å²) in [5, 5.41) is 7.93. The predicted octanol–water partition coefficient (Wildman–Crippen LogP) is 3.66. The zero-order valence-corrected chi connectivity index (χ0v) is 15.9. The van der Waals surface area contributed by atoms with Gasteiger partial charge in [-0.1, -0.05) is 18.2 Å².